The molecule has 230 valence electrons. The average Bonchev–Trinajstić information content (AvgIpc) is 3.85. The fraction of sp³-hybridized carbons (Fsp3) is 0.400. The normalized spacial score (nSPS) is 16.3. The molecule has 1 saturated carbocycles. The van der Waals surface area contributed by atoms with Crippen LogP contribution in [0.2, 0.25) is 0 Å². The van der Waals surface area contributed by atoms with E-state index in [2.05, 4.69) is 15.6 Å². The van der Waals surface area contributed by atoms with Gasteiger partial charge in [-0.25, -0.2) is 13.4 Å². The summed E-state index contributed by atoms with van der Waals surface area (Å²) < 4.78 is 68.9. The fourth-order valence-electron chi connectivity index (χ4n) is 5.05. The molecule has 9 nitrogen and oxygen atoms in total. The van der Waals surface area contributed by atoms with Gasteiger partial charge in [0.05, 0.1) is 10.5 Å². The van der Waals surface area contributed by atoms with Crippen molar-refractivity contribution in [2.45, 2.75) is 42.8 Å². The standard InChI is InChI=1S/C30H35F3N6O3S/c31-30(32,33)27-18-28(36-20-26(27)22-6-7-22)38-14-16-39(17-15-38)43(41,42)25-10-8-24(9-11-25)37-29(40)23-4-2-21(3-5-23)19-35-13-1-12-34/h2-5,8-11,18,20,22,35H,1,6-7,12-17,19,34H2,(H,37,40). The Morgan fingerprint density at radius 2 is 1.67 bits per heavy atom. The smallest absolute Gasteiger partial charge is 0.354 e. The summed E-state index contributed by atoms with van der Waals surface area (Å²) in [6.07, 6.45) is -0.803. The van der Waals surface area contributed by atoms with Gasteiger partial charge in [-0.3, -0.25) is 4.79 Å². The number of alkyl halides is 3. The van der Waals surface area contributed by atoms with Gasteiger partial charge in [-0.1, -0.05) is 12.1 Å². The largest absolute Gasteiger partial charge is 0.416 e. The van der Waals surface area contributed by atoms with Gasteiger partial charge in [0.1, 0.15) is 5.82 Å². The van der Waals surface area contributed by atoms with Crippen molar-refractivity contribution in [2.24, 2.45) is 5.73 Å². The molecule has 2 heterocycles. The van der Waals surface area contributed by atoms with Crippen molar-refractivity contribution < 1.29 is 26.4 Å². The van der Waals surface area contributed by atoms with Crippen LogP contribution in [0, 0.1) is 0 Å². The highest BCUT2D eigenvalue weighted by Crippen LogP contribution is 2.46. The number of rotatable bonds is 11. The van der Waals surface area contributed by atoms with Crippen LogP contribution in [-0.4, -0.2) is 62.9 Å². The minimum Gasteiger partial charge on any atom is -0.354 e. The molecule has 4 N–H and O–H groups in total. The lowest BCUT2D eigenvalue weighted by Crippen LogP contribution is -2.49. The number of amides is 1. The molecule has 2 aromatic carbocycles. The van der Waals surface area contributed by atoms with Crippen LogP contribution < -0.4 is 21.3 Å². The summed E-state index contributed by atoms with van der Waals surface area (Å²) in [7, 11) is -3.84. The Labute approximate surface area is 249 Å². The van der Waals surface area contributed by atoms with Gasteiger partial charge in [0, 0.05) is 50.2 Å². The summed E-state index contributed by atoms with van der Waals surface area (Å²) in [5.41, 5.74) is 7.02. The number of carbonyl (C=O) groups excluding carboxylic acids is 1. The summed E-state index contributed by atoms with van der Waals surface area (Å²) in [5, 5.41) is 6.06. The number of piperazine rings is 1. The molecule has 0 spiro atoms. The van der Waals surface area contributed by atoms with E-state index in [0.29, 0.717) is 24.3 Å². The number of hydrogen-bond donors (Lipinski definition) is 3. The Kier molecular flexibility index (Phi) is 9.35. The molecule has 2 aliphatic rings. The molecule has 1 amide bonds. The molecule has 1 aliphatic heterocycles. The molecule has 0 radical (unpaired) electrons. The Hall–Kier alpha value is -3.52. The summed E-state index contributed by atoms with van der Waals surface area (Å²) in [6.45, 7) is 2.75. The Balaban J connectivity index is 1.17. The van der Waals surface area contributed by atoms with Crippen LogP contribution >= 0.6 is 0 Å². The number of nitrogens with two attached hydrogens (primary N) is 1. The van der Waals surface area contributed by atoms with Crippen molar-refractivity contribution >= 4 is 27.4 Å². The maximum atomic E-state index is 13.7. The maximum absolute atomic E-state index is 13.7. The number of pyridine rings is 1. The number of nitrogens with one attached hydrogen (secondary N) is 2. The zero-order valence-corrected chi connectivity index (χ0v) is 24.4. The van der Waals surface area contributed by atoms with E-state index < -0.39 is 21.8 Å². The van der Waals surface area contributed by atoms with Gasteiger partial charge in [-0.05, 0) is 91.9 Å². The first-order chi connectivity index (χ1) is 20.6. The molecular formula is C30H35F3N6O3S. The zero-order chi connectivity index (χ0) is 30.6. The lowest BCUT2D eigenvalue weighted by molar-refractivity contribution is -0.138. The quantitative estimate of drug-likeness (QED) is 0.277. The summed E-state index contributed by atoms with van der Waals surface area (Å²) >= 11 is 0. The van der Waals surface area contributed by atoms with Gasteiger partial charge in [0.2, 0.25) is 10.0 Å². The van der Waals surface area contributed by atoms with Crippen LogP contribution in [0.4, 0.5) is 24.7 Å². The first-order valence-electron chi connectivity index (χ1n) is 14.3. The number of anilines is 2. The number of carbonyl (C=O) groups is 1. The van der Waals surface area contributed by atoms with Crippen molar-refractivity contribution in [3.63, 3.8) is 0 Å². The van der Waals surface area contributed by atoms with Crippen molar-refractivity contribution in [2.75, 3.05) is 49.5 Å². The third-order valence-corrected chi connectivity index (χ3v) is 9.57. The predicted molar refractivity (Wildman–Crippen MR) is 158 cm³/mol. The fourth-order valence-corrected chi connectivity index (χ4v) is 6.47. The predicted octanol–water partition coefficient (Wildman–Crippen LogP) is 4.18. The molecule has 1 saturated heterocycles. The number of aromatic nitrogens is 1. The second-order valence-corrected chi connectivity index (χ2v) is 12.7. The molecule has 0 bridgehead atoms. The second kappa shape index (κ2) is 13.0. The molecule has 1 aromatic heterocycles. The Morgan fingerprint density at radius 3 is 2.28 bits per heavy atom. The molecule has 43 heavy (non-hydrogen) atoms. The molecular weight excluding hydrogens is 581 g/mol. The lowest BCUT2D eigenvalue weighted by atomic mass is 10.1. The first-order valence-corrected chi connectivity index (χ1v) is 15.7. The Morgan fingerprint density at radius 1 is 1.00 bits per heavy atom. The van der Waals surface area contributed by atoms with E-state index in [1.165, 1.54) is 34.8 Å². The van der Waals surface area contributed by atoms with Gasteiger partial charge in [-0.15, -0.1) is 0 Å². The zero-order valence-electron chi connectivity index (χ0n) is 23.6. The summed E-state index contributed by atoms with van der Waals surface area (Å²) in [4.78, 5) is 18.7. The van der Waals surface area contributed by atoms with E-state index in [4.69, 9.17) is 5.73 Å². The van der Waals surface area contributed by atoms with Gasteiger partial charge >= 0.3 is 6.18 Å². The van der Waals surface area contributed by atoms with Crippen molar-refractivity contribution in [1.82, 2.24) is 14.6 Å². The van der Waals surface area contributed by atoms with Gasteiger partial charge < -0.3 is 21.3 Å². The number of halogens is 3. The van der Waals surface area contributed by atoms with Crippen LogP contribution in [0.5, 0.6) is 0 Å². The molecule has 2 fully saturated rings. The van der Waals surface area contributed by atoms with E-state index in [1.54, 1.807) is 17.0 Å². The number of nitrogens with zero attached hydrogens (tertiary/aromatic N) is 3. The average molecular weight is 617 g/mol. The first kappa shape index (κ1) is 30.9. The molecule has 0 atom stereocenters. The van der Waals surface area contributed by atoms with Crippen molar-refractivity contribution in [3.8, 4) is 0 Å². The van der Waals surface area contributed by atoms with E-state index in [9.17, 15) is 26.4 Å². The monoisotopic (exact) mass is 616 g/mol. The second-order valence-electron chi connectivity index (χ2n) is 10.8. The molecule has 5 rings (SSSR count). The van der Waals surface area contributed by atoms with Crippen LogP contribution in [-0.2, 0) is 22.7 Å². The number of sulfonamides is 1. The van der Waals surface area contributed by atoms with Crippen LogP contribution in [0.15, 0.2) is 65.7 Å². The van der Waals surface area contributed by atoms with Gasteiger partial charge in [0.25, 0.3) is 5.91 Å². The highest BCUT2D eigenvalue weighted by Gasteiger charge is 2.39. The van der Waals surface area contributed by atoms with Gasteiger partial charge in [0.15, 0.2) is 0 Å². The number of hydrogen-bond acceptors (Lipinski definition) is 7. The molecule has 0 unspecified atom stereocenters. The topological polar surface area (TPSA) is 121 Å². The third kappa shape index (κ3) is 7.53. The van der Waals surface area contributed by atoms with Crippen molar-refractivity contribution in [3.05, 3.63) is 83.0 Å². The van der Waals surface area contributed by atoms with Gasteiger partial charge in [-0.2, -0.15) is 17.5 Å². The molecule has 3 aromatic rings. The van der Waals surface area contributed by atoms with Crippen LogP contribution in [0.25, 0.3) is 0 Å². The SMILES string of the molecule is NCCCNCc1ccc(C(=O)Nc2ccc(S(=O)(=O)N3CCN(c4cc(C(F)(F)F)c(C5CC5)cn4)CC3)cc2)cc1. The lowest BCUT2D eigenvalue weighted by Gasteiger charge is -2.35. The number of benzene rings is 2. The molecule has 1 aliphatic carbocycles. The summed E-state index contributed by atoms with van der Waals surface area (Å²) in [5.74, 6) is -0.213. The minimum atomic E-state index is -4.47. The van der Waals surface area contributed by atoms with E-state index in [-0.39, 0.29) is 54.3 Å². The molecule has 13 heteroatoms. The van der Waals surface area contributed by atoms with E-state index >= 15 is 0 Å². The Bertz CT molecular complexity index is 1520. The third-order valence-electron chi connectivity index (χ3n) is 7.66. The highest BCUT2D eigenvalue weighted by molar-refractivity contribution is 7.89. The van der Waals surface area contributed by atoms with Crippen molar-refractivity contribution in [1.29, 1.82) is 0 Å². The van der Waals surface area contributed by atoms with Crippen LogP contribution in [0.1, 0.15) is 52.2 Å². The maximum Gasteiger partial charge on any atom is 0.416 e. The summed E-state index contributed by atoms with van der Waals surface area (Å²) in [6, 6.07) is 14.2. The van der Waals surface area contributed by atoms with E-state index in [1.807, 2.05) is 12.1 Å². The highest BCUT2D eigenvalue weighted by atomic mass is 32.2. The van der Waals surface area contributed by atoms with Crippen LogP contribution in [0.3, 0.4) is 0 Å². The van der Waals surface area contributed by atoms with E-state index in [0.717, 1.165) is 37.4 Å². The minimum absolute atomic E-state index is 0.0664.